The number of rotatable bonds is 3. The van der Waals surface area contributed by atoms with Gasteiger partial charge in [-0.05, 0) is 19.8 Å². The summed E-state index contributed by atoms with van der Waals surface area (Å²) in [6.07, 6.45) is 3.31. The lowest BCUT2D eigenvalue weighted by atomic mass is 10.1. The minimum atomic E-state index is -0.210. The number of nitrogens with one attached hydrogen (secondary N) is 2. The van der Waals surface area contributed by atoms with Crippen LogP contribution in [0.15, 0.2) is 12.4 Å². The summed E-state index contributed by atoms with van der Waals surface area (Å²) in [5, 5.41) is 14.6. The molecule has 146 valence electrons. The number of piperidine rings is 1. The van der Waals surface area contributed by atoms with E-state index in [2.05, 4.69) is 36.6 Å². The summed E-state index contributed by atoms with van der Waals surface area (Å²) in [5.41, 5.74) is 1.06. The Morgan fingerprint density at radius 2 is 2.15 bits per heavy atom. The van der Waals surface area contributed by atoms with E-state index < -0.39 is 0 Å². The number of nitrogens with zero attached hydrogens (tertiary/aromatic N) is 6. The summed E-state index contributed by atoms with van der Waals surface area (Å²) in [5.74, 6) is 1.72. The van der Waals surface area contributed by atoms with Crippen LogP contribution in [-0.4, -0.2) is 74.8 Å². The van der Waals surface area contributed by atoms with Crippen LogP contribution in [0.25, 0.3) is 0 Å². The molecule has 2 aromatic rings. The van der Waals surface area contributed by atoms with Gasteiger partial charge in [0, 0.05) is 44.5 Å². The number of aromatic nitrogens is 5. The van der Waals surface area contributed by atoms with Gasteiger partial charge in [-0.2, -0.15) is 10.2 Å². The van der Waals surface area contributed by atoms with Crippen LogP contribution in [0.4, 0.5) is 10.6 Å². The largest absolute Gasteiger partial charge is 0.377 e. The van der Waals surface area contributed by atoms with E-state index >= 15 is 0 Å². The highest BCUT2D eigenvalue weighted by Crippen LogP contribution is 2.23. The van der Waals surface area contributed by atoms with E-state index in [1.165, 1.54) is 6.33 Å². The highest BCUT2D eigenvalue weighted by Gasteiger charge is 2.33. The molecular weight excluding hydrogens is 348 g/mol. The van der Waals surface area contributed by atoms with Crippen molar-refractivity contribution in [2.45, 2.75) is 31.8 Å². The molecule has 0 aromatic carbocycles. The minimum absolute atomic E-state index is 0.0552. The van der Waals surface area contributed by atoms with Crippen molar-refractivity contribution in [1.82, 2.24) is 35.2 Å². The predicted molar refractivity (Wildman–Crippen MR) is 98.4 cm³/mol. The molecule has 10 nitrogen and oxygen atoms in total. The van der Waals surface area contributed by atoms with Crippen LogP contribution >= 0.6 is 0 Å². The second-order valence-corrected chi connectivity index (χ2v) is 7.15. The third-order valence-electron chi connectivity index (χ3n) is 5.27. The average molecular weight is 374 g/mol. The Balaban J connectivity index is 1.35. The first-order chi connectivity index (χ1) is 13.1. The smallest absolute Gasteiger partial charge is 0.318 e. The zero-order valence-corrected chi connectivity index (χ0v) is 15.8. The summed E-state index contributed by atoms with van der Waals surface area (Å²) in [4.78, 5) is 21.3. The molecule has 2 fully saturated rings. The first-order valence-electron chi connectivity index (χ1n) is 9.37. The van der Waals surface area contributed by atoms with E-state index in [0.29, 0.717) is 19.8 Å². The lowest BCUT2D eigenvalue weighted by Gasteiger charge is -2.37. The zero-order valence-electron chi connectivity index (χ0n) is 15.8. The highest BCUT2D eigenvalue weighted by atomic mass is 16.5. The summed E-state index contributed by atoms with van der Waals surface area (Å²) in [7, 11) is 1.83. The molecule has 2 N–H and O–H groups in total. The third-order valence-corrected chi connectivity index (χ3v) is 5.27. The normalized spacial score (nSPS) is 21.5. The fourth-order valence-corrected chi connectivity index (χ4v) is 3.74. The van der Waals surface area contributed by atoms with Crippen molar-refractivity contribution < 1.29 is 9.53 Å². The van der Waals surface area contributed by atoms with Crippen LogP contribution in [0.5, 0.6) is 0 Å². The summed E-state index contributed by atoms with van der Waals surface area (Å²) < 4.78 is 7.28. The number of amides is 2. The number of aryl methyl sites for hydroxylation is 2. The van der Waals surface area contributed by atoms with Crippen molar-refractivity contribution in [3.05, 3.63) is 23.9 Å². The molecule has 0 spiro atoms. The lowest BCUT2D eigenvalue weighted by Crippen LogP contribution is -2.53. The van der Waals surface area contributed by atoms with E-state index in [9.17, 15) is 4.79 Å². The minimum Gasteiger partial charge on any atom is -0.377 e. The van der Waals surface area contributed by atoms with Crippen LogP contribution in [0.3, 0.4) is 0 Å². The molecule has 2 aliphatic rings. The number of morpholine rings is 1. The van der Waals surface area contributed by atoms with Crippen LogP contribution < -0.4 is 10.2 Å². The molecule has 2 aliphatic heterocycles. The van der Waals surface area contributed by atoms with Crippen LogP contribution in [-0.2, 0) is 11.8 Å². The number of ether oxygens (including phenoxy) is 1. The average Bonchev–Trinajstić information content (AvgIpc) is 3.30. The maximum Gasteiger partial charge on any atom is 0.318 e. The second-order valence-electron chi connectivity index (χ2n) is 7.15. The molecule has 4 heterocycles. The number of hydrogen-bond acceptors (Lipinski definition) is 6. The Morgan fingerprint density at radius 1 is 1.33 bits per heavy atom. The van der Waals surface area contributed by atoms with Crippen molar-refractivity contribution >= 4 is 11.8 Å². The van der Waals surface area contributed by atoms with Gasteiger partial charge in [-0.1, -0.05) is 0 Å². The molecule has 0 saturated carbocycles. The van der Waals surface area contributed by atoms with Crippen molar-refractivity contribution in [1.29, 1.82) is 0 Å². The van der Waals surface area contributed by atoms with Gasteiger partial charge in [0.2, 0.25) is 0 Å². The van der Waals surface area contributed by atoms with Crippen molar-refractivity contribution in [3.63, 3.8) is 0 Å². The Bertz CT molecular complexity index is 780. The van der Waals surface area contributed by atoms with Gasteiger partial charge in [-0.15, -0.1) is 0 Å². The number of carbonyl (C=O) groups is 1. The predicted octanol–water partition coefficient (Wildman–Crippen LogP) is 0.599. The van der Waals surface area contributed by atoms with Crippen LogP contribution in [0.2, 0.25) is 0 Å². The van der Waals surface area contributed by atoms with Crippen LogP contribution in [0, 0.1) is 6.92 Å². The first kappa shape index (κ1) is 17.8. The number of H-pyrrole nitrogens is 1. The summed E-state index contributed by atoms with van der Waals surface area (Å²) >= 11 is 0. The van der Waals surface area contributed by atoms with Gasteiger partial charge in [0.25, 0.3) is 0 Å². The maximum atomic E-state index is 12.9. The van der Waals surface area contributed by atoms with Gasteiger partial charge in [0.05, 0.1) is 13.2 Å². The molecular formula is C17H26N8O2. The van der Waals surface area contributed by atoms with Gasteiger partial charge in [0.1, 0.15) is 12.4 Å². The number of aromatic amines is 1. The van der Waals surface area contributed by atoms with Crippen LogP contribution in [0.1, 0.15) is 30.4 Å². The molecule has 27 heavy (non-hydrogen) atoms. The number of hydrogen-bond donors (Lipinski definition) is 2. The molecule has 1 unspecified atom stereocenters. The van der Waals surface area contributed by atoms with E-state index in [-0.39, 0.29) is 18.1 Å². The lowest BCUT2D eigenvalue weighted by molar-refractivity contribution is 0.00666. The Morgan fingerprint density at radius 3 is 2.81 bits per heavy atom. The zero-order chi connectivity index (χ0) is 18.8. The van der Waals surface area contributed by atoms with Gasteiger partial charge >= 0.3 is 6.03 Å². The Kier molecular flexibility index (Phi) is 4.97. The second kappa shape index (κ2) is 7.55. The van der Waals surface area contributed by atoms with Crippen molar-refractivity contribution in [2.75, 3.05) is 37.7 Å². The number of urea groups is 1. The maximum absolute atomic E-state index is 12.9. The fraction of sp³-hybridized carbons (Fsp3) is 0.647. The fourth-order valence-electron chi connectivity index (χ4n) is 3.74. The summed E-state index contributed by atoms with van der Waals surface area (Å²) in [6.45, 7) is 5.29. The van der Waals surface area contributed by atoms with Crippen molar-refractivity contribution in [3.8, 4) is 0 Å². The molecule has 0 bridgehead atoms. The summed E-state index contributed by atoms with van der Waals surface area (Å²) in [6, 6.07) is 1.95. The van der Waals surface area contributed by atoms with Crippen molar-refractivity contribution in [2.24, 2.45) is 7.05 Å². The SMILES string of the molecule is Cc1cc(N2CCC(NC(=O)N3CCOCC3c3ncnn3C)CC2)n[nH]1. The Hall–Kier alpha value is -2.62. The quantitative estimate of drug-likeness (QED) is 0.815. The van der Waals surface area contributed by atoms with E-state index in [1.807, 2.05) is 18.9 Å². The topological polar surface area (TPSA) is 104 Å². The first-order valence-corrected chi connectivity index (χ1v) is 9.37. The highest BCUT2D eigenvalue weighted by molar-refractivity contribution is 5.75. The third kappa shape index (κ3) is 3.75. The monoisotopic (exact) mass is 374 g/mol. The van der Waals surface area contributed by atoms with Gasteiger partial charge in [-0.3, -0.25) is 9.78 Å². The van der Waals surface area contributed by atoms with Gasteiger partial charge in [0.15, 0.2) is 11.6 Å². The molecule has 0 aliphatic carbocycles. The Labute approximate surface area is 157 Å². The standard InChI is InChI=1S/C17H26N8O2/c1-12-9-15(22-21-12)24-5-3-13(4-6-24)20-17(26)25-7-8-27-10-14(25)16-18-11-19-23(16)2/h9,11,13-14H,3-8,10H2,1-2H3,(H,20,26)(H,21,22). The molecule has 0 radical (unpaired) electrons. The molecule has 10 heteroatoms. The molecule has 2 aromatic heterocycles. The van der Waals surface area contributed by atoms with Gasteiger partial charge < -0.3 is 19.9 Å². The van der Waals surface area contributed by atoms with E-state index in [0.717, 1.165) is 43.3 Å². The molecule has 1 atom stereocenters. The number of carbonyl (C=O) groups excluding carboxylic acids is 1. The molecule has 4 rings (SSSR count). The molecule has 2 amide bonds. The van der Waals surface area contributed by atoms with E-state index in [1.54, 1.807) is 4.68 Å². The van der Waals surface area contributed by atoms with E-state index in [4.69, 9.17) is 4.74 Å². The van der Waals surface area contributed by atoms with Gasteiger partial charge in [-0.25, -0.2) is 9.78 Å². The molecule has 2 saturated heterocycles. The number of anilines is 1.